The summed E-state index contributed by atoms with van der Waals surface area (Å²) in [4.78, 5) is 25.0. The zero-order valence-electron chi connectivity index (χ0n) is 17.7. The summed E-state index contributed by atoms with van der Waals surface area (Å²) in [5.74, 6) is 0.133. The summed E-state index contributed by atoms with van der Waals surface area (Å²) >= 11 is 0. The quantitative estimate of drug-likeness (QED) is 0.526. The van der Waals surface area contributed by atoms with Crippen molar-refractivity contribution < 1.29 is 23.5 Å². The Hall–Kier alpha value is -3.28. The summed E-state index contributed by atoms with van der Waals surface area (Å²) in [6, 6.07) is 13.1. The fourth-order valence-electron chi connectivity index (χ4n) is 3.27. The maximum absolute atomic E-state index is 12.6. The Bertz CT molecular complexity index is 1040. The van der Waals surface area contributed by atoms with Crippen LogP contribution in [0.4, 0.5) is 5.69 Å². The Balaban J connectivity index is 1.63. The molecule has 0 saturated heterocycles. The van der Waals surface area contributed by atoms with Gasteiger partial charge in [0.25, 0.3) is 5.91 Å². The predicted molar refractivity (Wildman–Crippen MR) is 116 cm³/mol. The minimum Gasteiger partial charge on any atom is -0.497 e. The lowest BCUT2D eigenvalue weighted by molar-refractivity contribution is -0.152. The van der Waals surface area contributed by atoms with Crippen molar-refractivity contribution in [2.24, 2.45) is 0 Å². The number of carbonyl (C=O) groups is 2. The highest BCUT2D eigenvalue weighted by Crippen LogP contribution is 2.27. The van der Waals surface area contributed by atoms with E-state index in [0.717, 1.165) is 23.1 Å². The van der Waals surface area contributed by atoms with Crippen LogP contribution in [0, 0.1) is 0 Å². The molecule has 3 rings (SSSR count). The summed E-state index contributed by atoms with van der Waals surface area (Å²) in [7, 11) is 1.58. The van der Waals surface area contributed by atoms with Crippen molar-refractivity contribution >= 4 is 28.5 Å². The third-order valence-corrected chi connectivity index (χ3v) is 5.24. The van der Waals surface area contributed by atoms with Crippen LogP contribution in [0.5, 0.6) is 5.75 Å². The van der Waals surface area contributed by atoms with Gasteiger partial charge < -0.3 is 19.2 Å². The van der Waals surface area contributed by atoms with Crippen LogP contribution in [0.1, 0.15) is 44.2 Å². The molecular formula is C24H27NO5. The molecule has 0 fully saturated rings. The predicted octanol–water partition coefficient (Wildman–Crippen LogP) is 5.07. The molecule has 6 nitrogen and oxygen atoms in total. The minimum absolute atomic E-state index is 0.0143. The first kappa shape index (κ1) is 21.4. The van der Waals surface area contributed by atoms with Gasteiger partial charge in [-0.1, -0.05) is 32.0 Å². The Labute approximate surface area is 176 Å². The summed E-state index contributed by atoms with van der Waals surface area (Å²) in [6.45, 7) is 5.78. The van der Waals surface area contributed by atoms with E-state index in [2.05, 4.69) is 19.2 Å². The first-order valence-corrected chi connectivity index (χ1v) is 10.1. The number of benzene rings is 2. The second-order valence-electron chi connectivity index (χ2n) is 7.32. The first-order valence-electron chi connectivity index (χ1n) is 10.1. The van der Waals surface area contributed by atoms with Gasteiger partial charge in [0, 0.05) is 22.7 Å². The number of esters is 1. The lowest BCUT2D eigenvalue weighted by Gasteiger charge is -2.18. The zero-order valence-corrected chi connectivity index (χ0v) is 17.7. The van der Waals surface area contributed by atoms with Crippen LogP contribution in [0.2, 0.25) is 0 Å². The van der Waals surface area contributed by atoms with E-state index in [0.29, 0.717) is 22.8 Å². The van der Waals surface area contributed by atoms with Gasteiger partial charge in [-0.15, -0.1) is 0 Å². The maximum Gasteiger partial charge on any atom is 0.311 e. The number of hydrogen-bond acceptors (Lipinski definition) is 5. The van der Waals surface area contributed by atoms with E-state index in [1.807, 2.05) is 30.3 Å². The molecule has 30 heavy (non-hydrogen) atoms. The number of anilines is 1. The molecule has 0 unspecified atom stereocenters. The molecule has 2 atom stereocenters. The average Bonchev–Trinajstić information content (AvgIpc) is 3.15. The summed E-state index contributed by atoms with van der Waals surface area (Å²) in [5, 5.41) is 3.70. The minimum atomic E-state index is -0.916. The van der Waals surface area contributed by atoms with E-state index in [1.54, 1.807) is 26.2 Å². The number of fused-ring (bicyclic) bond motifs is 1. The second kappa shape index (κ2) is 9.48. The molecule has 0 aliphatic rings. The molecular weight excluding hydrogens is 382 g/mol. The van der Waals surface area contributed by atoms with E-state index in [-0.39, 0.29) is 12.3 Å². The molecule has 1 aromatic heterocycles. The molecule has 0 aliphatic carbocycles. The van der Waals surface area contributed by atoms with Crippen molar-refractivity contribution in [2.75, 3.05) is 12.4 Å². The molecule has 0 saturated carbocycles. The van der Waals surface area contributed by atoms with E-state index >= 15 is 0 Å². The molecule has 0 radical (unpaired) electrons. The molecule has 0 aliphatic heterocycles. The number of ether oxygens (including phenoxy) is 2. The standard InChI is InChI=1S/C24H27NO5/c1-5-15(2)19-8-6-7-9-21(19)25-24(27)16(3)30-23(26)12-17-14-29-22-13-18(28-4)10-11-20(17)22/h6-11,13-16H,5,12H2,1-4H3,(H,25,27)/t15-,16-/m1/s1. The highest BCUT2D eigenvalue weighted by molar-refractivity contribution is 5.96. The molecule has 2 aromatic carbocycles. The van der Waals surface area contributed by atoms with Crippen LogP contribution in [0.15, 0.2) is 53.1 Å². The van der Waals surface area contributed by atoms with E-state index in [1.165, 1.54) is 6.26 Å². The fraction of sp³-hybridized carbons (Fsp3) is 0.333. The van der Waals surface area contributed by atoms with Crippen molar-refractivity contribution in [2.45, 2.75) is 45.6 Å². The van der Waals surface area contributed by atoms with Crippen molar-refractivity contribution in [3.8, 4) is 5.75 Å². The molecule has 1 N–H and O–H groups in total. The lowest BCUT2D eigenvalue weighted by atomic mass is 9.97. The highest BCUT2D eigenvalue weighted by Gasteiger charge is 2.21. The highest BCUT2D eigenvalue weighted by atomic mass is 16.5. The van der Waals surface area contributed by atoms with Crippen molar-refractivity contribution in [3.05, 3.63) is 59.9 Å². The van der Waals surface area contributed by atoms with Gasteiger partial charge in [0.05, 0.1) is 19.8 Å². The number of amides is 1. The Morgan fingerprint density at radius 3 is 2.63 bits per heavy atom. The van der Waals surface area contributed by atoms with E-state index in [9.17, 15) is 9.59 Å². The van der Waals surface area contributed by atoms with Crippen LogP contribution in [0.3, 0.4) is 0 Å². The number of furan rings is 1. The van der Waals surface area contributed by atoms with Gasteiger partial charge in [0.2, 0.25) is 0 Å². The third-order valence-electron chi connectivity index (χ3n) is 5.24. The number of hydrogen-bond donors (Lipinski definition) is 1. The summed E-state index contributed by atoms with van der Waals surface area (Å²) < 4.78 is 16.0. The van der Waals surface area contributed by atoms with Crippen LogP contribution >= 0.6 is 0 Å². The average molecular weight is 409 g/mol. The van der Waals surface area contributed by atoms with Gasteiger partial charge in [-0.3, -0.25) is 9.59 Å². The van der Waals surface area contributed by atoms with Crippen LogP contribution < -0.4 is 10.1 Å². The van der Waals surface area contributed by atoms with Gasteiger partial charge in [-0.05, 0) is 43.0 Å². The van der Waals surface area contributed by atoms with E-state index < -0.39 is 12.1 Å². The van der Waals surface area contributed by atoms with Gasteiger partial charge in [-0.25, -0.2) is 0 Å². The smallest absolute Gasteiger partial charge is 0.311 e. The van der Waals surface area contributed by atoms with Gasteiger partial charge in [0.1, 0.15) is 11.3 Å². The molecule has 0 bridgehead atoms. The third kappa shape index (κ3) is 4.82. The molecule has 1 heterocycles. The Morgan fingerprint density at radius 1 is 1.13 bits per heavy atom. The van der Waals surface area contributed by atoms with Crippen LogP contribution in [-0.4, -0.2) is 25.1 Å². The number of nitrogens with one attached hydrogen (secondary N) is 1. The zero-order chi connectivity index (χ0) is 21.7. The van der Waals surface area contributed by atoms with Crippen molar-refractivity contribution in [1.29, 1.82) is 0 Å². The van der Waals surface area contributed by atoms with E-state index in [4.69, 9.17) is 13.9 Å². The van der Waals surface area contributed by atoms with Crippen molar-refractivity contribution in [1.82, 2.24) is 0 Å². The monoisotopic (exact) mass is 409 g/mol. The number of methoxy groups -OCH3 is 1. The molecule has 6 heteroatoms. The Morgan fingerprint density at radius 2 is 1.90 bits per heavy atom. The van der Waals surface area contributed by atoms with Gasteiger partial charge in [-0.2, -0.15) is 0 Å². The topological polar surface area (TPSA) is 77.8 Å². The molecule has 0 spiro atoms. The molecule has 158 valence electrons. The first-order chi connectivity index (χ1) is 14.4. The maximum atomic E-state index is 12.6. The molecule has 3 aromatic rings. The lowest BCUT2D eigenvalue weighted by Crippen LogP contribution is -2.30. The molecule has 1 amide bonds. The fourth-order valence-corrected chi connectivity index (χ4v) is 3.27. The number of para-hydroxylation sites is 1. The second-order valence-corrected chi connectivity index (χ2v) is 7.32. The normalized spacial score (nSPS) is 12.9. The number of carbonyl (C=O) groups excluding carboxylic acids is 2. The summed E-state index contributed by atoms with van der Waals surface area (Å²) in [6.07, 6.45) is 1.58. The van der Waals surface area contributed by atoms with Crippen molar-refractivity contribution in [3.63, 3.8) is 0 Å². The largest absolute Gasteiger partial charge is 0.497 e. The SMILES string of the molecule is CC[C@@H](C)c1ccccc1NC(=O)[C@@H](C)OC(=O)Cc1coc2cc(OC)ccc12. The number of rotatable bonds is 8. The Kier molecular flexibility index (Phi) is 6.77. The summed E-state index contributed by atoms with van der Waals surface area (Å²) in [5.41, 5.74) is 3.14. The van der Waals surface area contributed by atoms with Gasteiger partial charge in [0.15, 0.2) is 6.10 Å². The van der Waals surface area contributed by atoms with Gasteiger partial charge >= 0.3 is 5.97 Å². The van der Waals surface area contributed by atoms with Crippen LogP contribution in [-0.2, 0) is 20.7 Å². The van der Waals surface area contributed by atoms with Crippen LogP contribution in [0.25, 0.3) is 11.0 Å².